The van der Waals surface area contributed by atoms with E-state index in [4.69, 9.17) is 14.2 Å². The van der Waals surface area contributed by atoms with Crippen LogP contribution in [0, 0.1) is 5.92 Å². The van der Waals surface area contributed by atoms with Crippen LogP contribution in [0.1, 0.15) is 13.3 Å². The Labute approximate surface area is 78.2 Å². The molecule has 4 heteroatoms. The molecule has 0 aliphatic carbocycles. The molecule has 0 aromatic rings. The molecule has 0 aromatic heterocycles. The second-order valence-electron chi connectivity index (χ2n) is 3.16. The van der Waals surface area contributed by atoms with E-state index in [1.54, 1.807) is 7.11 Å². The van der Waals surface area contributed by atoms with Gasteiger partial charge in [-0.1, -0.05) is 6.92 Å². The summed E-state index contributed by atoms with van der Waals surface area (Å²) < 4.78 is 15.0. The second kappa shape index (κ2) is 5.19. The fourth-order valence-corrected chi connectivity index (χ4v) is 1.10. The number of methoxy groups -OCH3 is 1. The van der Waals surface area contributed by atoms with E-state index in [1.165, 1.54) is 0 Å². The fourth-order valence-electron chi connectivity index (χ4n) is 1.10. The van der Waals surface area contributed by atoms with E-state index in [2.05, 4.69) is 0 Å². The van der Waals surface area contributed by atoms with Crippen LogP contribution in [0.5, 0.6) is 0 Å². The van der Waals surface area contributed by atoms with E-state index in [1.807, 2.05) is 6.92 Å². The highest BCUT2D eigenvalue weighted by Gasteiger charge is 2.26. The van der Waals surface area contributed by atoms with Gasteiger partial charge in [0.05, 0.1) is 25.7 Å². The molecule has 0 amide bonds. The lowest BCUT2D eigenvalue weighted by Gasteiger charge is -2.27. The normalized spacial score (nSPS) is 19.2. The lowest BCUT2D eigenvalue weighted by Crippen LogP contribution is -2.39. The van der Waals surface area contributed by atoms with Gasteiger partial charge in [0.1, 0.15) is 6.10 Å². The number of ether oxygens (including phenoxy) is 3. The Morgan fingerprint density at radius 3 is 2.69 bits per heavy atom. The first-order valence-electron chi connectivity index (χ1n) is 4.55. The Balaban J connectivity index is 2.25. The third-order valence-electron chi connectivity index (χ3n) is 2.08. The summed E-state index contributed by atoms with van der Waals surface area (Å²) >= 11 is 0. The highest BCUT2D eigenvalue weighted by molar-refractivity contribution is 5.72. The van der Waals surface area contributed by atoms with E-state index in [-0.39, 0.29) is 18.0 Å². The van der Waals surface area contributed by atoms with Crippen LogP contribution in [0.25, 0.3) is 0 Å². The fraction of sp³-hybridized carbons (Fsp3) is 0.889. The van der Waals surface area contributed by atoms with Gasteiger partial charge in [-0.15, -0.1) is 0 Å². The van der Waals surface area contributed by atoms with Gasteiger partial charge in [-0.25, -0.2) is 0 Å². The van der Waals surface area contributed by atoms with Gasteiger partial charge in [0.15, 0.2) is 0 Å². The van der Waals surface area contributed by atoms with Crippen molar-refractivity contribution in [1.29, 1.82) is 0 Å². The predicted molar refractivity (Wildman–Crippen MR) is 46.4 cm³/mol. The molecular formula is C9H16O4. The molecule has 0 N–H and O–H groups in total. The molecule has 1 heterocycles. The standard InChI is InChI=1S/C9H16O4/c1-3-7(4-11-2)9(10)13-8-5-12-6-8/h7-8H,3-6H2,1-2H3. The molecule has 1 rings (SSSR count). The van der Waals surface area contributed by atoms with Gasteiger partial charge < -0.3 is 14.2 Å². The number of hydrogen-bond donors (Lipinski definition) is 0. The summed E-state index contributed by atoms with van der Waals surface area (Å²) in [5, 5.41) is 0. The molecule has 0 bridgehead atoms. The third kappa shape index (κ3) is 2.97. The van der Waals surface area contributed by atoms with Crippen molar-refractivity contribution in [2.24, 2.45) is 5.92 Å². The summed E-state index contributed by atoms with van der Waals surface area (Å²) in [7, 11) is 1.59. The van der Waals surface area contributed by atoms with Gasteiger partial charge >= 0.3 is 5.97 Å². The lowest BCUT2D eigenvalue weighted by atomic mass is 10.1. The zero-order valence-corrected chi connectivity index (χ0v) is 8.12. The van der Waals surface area contributed by atoms with Crippen LogP contribution in [-0.4, -0.2) is 39.0 Å². The van der Waals surface area contributed by atoms with Crippen LogP contribution in [0.2, 0.25) is 0 Å². The van der Waals surface area contributed by atoms with Crippen molar-refractivity contribution in [2.75, 3.05) is 26.9 Å². The number of carbonyl (C=O) groups excluding carboxylic acids is 1. The van der Waals surface area contributed by atoms with Crippen molar-refractivity contribution in [2.45, 2.75) is 19.4 Å². The molecule has 1 fully saturated rings. The quantitative estimate of drug-likeness (QED) is 0.593. The molecule has 1 atom stereocenters. The summed E-state index contributed by atoms with van der Waals surface area (Å²) in [5.74, 6) is -0.303. The Hall–Kier alpha value is -0.610. The molecule has 4 nitrogen and oxygen atoms in total. The molecule has 13 heavy (non-hydrogen) atoms. The maximum absolute atomic E-state index is 11.4. The summed E-state index contributed by atoms with van der Waals surface area (Å²) in [5.41, 5.74) is 0. The summed E-state index contributed by atoms with van der Waals surface area (Å²) in [6.07, 6.45) is 0.721. The first-order chi connectivity index (χ1) is 6.27. The van der Waals surface area contributed by atoms with Crippen LogP contribution < -0.4 is 0 Å². The minimum Gasteiger partial charge on any atom is -0.457 e. The summed E-state index contributed by atoms with van der Waals surface area (Å²) in [6, 6.07) is 0. The predicted octanol–water partition coefficient (Wildman–Crippen LogP) is 0.601. The van der Waals surface area contributed by atoms with E-state index >= 15 is 0 Å². The van der Waals surface area contributed by atoms with Crippen molar-refractivity contribution in [3.8, 4) is 0 Å². The number of rotatable bonds is 5. The molecule has 76 valence electrons. The van der Waals surface area contributed by atoms with Crippen molar-refractivity contribution >= 4 is 5.97 Å². The van der Waals surface area contributed by atoms with Crippen LogP contribution in [0.3, 0.4) is 0 Å². The Bertz CT molecular complexity index is 165. The van der Waals surface area contributed by atoms with Gasteiger partial charge in [0.2, 0.25) is 0 Å². The topological polar surface area (TPSA) is 44.8 Å². The molecule has 0 spiro atoms. The SMILES string of the molecule is CCC(COC)C(=O)OC1COC1. The summed E-state index contributed by atoms with van der Waals surface area (Å²) in [6.45, 7) is 3.45. The van der Waals surface area contributed by atoms with Crippen molar-refractivity contribution < 1.29 is 19.0 Å². The monoisotopic (exact) mass is 188 g/mol. The van der Waals surface area contributed by atoms with Crippen LogP contribution >= 0.6 is 0 Å². The van der Waals surface area contributed by atoms with E-state index < -0.39 is 0 Å². The Morgan fingerprint density at radius 2 is 2.31 bits per heavy atom. The molecule has 1 saturated heterocycles. The van der Waals surface area contributed by atoms with Gasteiger partial charge in [-0.2, -0.15) is 0 Å². The zero-order valence-electron chi connectivity index (χ0n) is 8.12. The van der Waals surface area contributed by atoms with Crippen molar-refractivity contribution in [1.82, 2.24) is 0 Å². The second-order valence-corrected chi connectivity index (χ2v) is 3.16. The first kappa shape index (κ1) is 10.5. The third-order valence-corrected chi connectivity index (χ3v) is 2.08. The van der Waals surface area contributed by atoms with Gasteiger partial charge in [0.25, 0.3) is 0 Å². The molecule has 0 saturated carbocycles. The average Bonchev–Trinajstić information content (AvgIpc) is 2.07. The smallest absolute Gasteiger partial charge is 0.311 e. The average molecular weight is 188 g/mol. The summed E-state index contributed by atoms with van der Waals surface area (Å²) in [4.78, 5) is 11.4. The highest BCUT2D eigenvalue weighted by Crippen LogP contribution is 2.11. The van der Waals surface area contributed by atoms with E-state index in [0.717, 1.165) is 6.42 Å². The lowest BCUT2D eigenvalue weighted by molar-refractivity contribution is -0.178. The van der Waals surface area contributed by atoms with Gasteiger partial charge in [-0.3, -0.25) is 4.79 Å². The maximum Gasteiger partial charge on any atom is 0.311 e. The minimum absolute atomic E-state index is 0.0293. The Morgan fingerprint density at radius 1 is 1.62 bits per heavy atom. The molecule has 1 aliphatic heterocycles. The van der Waals surface area contributed by atoms with Crippen molar-refractivity contribution in [3.63, 3.8) is 0 Å². The van der Waals surface area contributed by atoms with E-state index in [9.17, 15) is 4.79 Å². The number of esters is 1. The maximum atomic E-state index is 11.4. The number of hydrogen-bond acceptors (Lipinski definition) is 4. The Kier molecular flexibility index (Phi) is 4.18. The van der Waals surface area contributed by atoms with Crippen molar-refractivity contribution in [3.05, 3.63) is 0 Å². The van der Waals surface area contributed by atoms with Crippen LogP contribution in [-0.2, 0) is 19.0 Å². The molecule has 1 unspecified atom stereocenters. The van der Waals surface area contributed by atoms with E-state index in [0.29, 0.717) is 19.8 Å². The highest BCUT2D eigenvalue weighted by atomic mass is 16.6. The molecule has 0 aromatic carbocycles. The van der Waals surface area contributed by atoms with Gasteiger partial charge in [-0.05, 0) is 6.42 Å². The van der Waals surface area contributed by atoms with Crippen LogP contribution in [0.4, 0.5) is 0 Å². The molecular weight excluding hydrogens is 172 g/mol. The largest absolute Gasteiger partial charge is 0.457 e. The molecule has 0 radical (unpaired) electrons. The molecule has 1 aliphatic rings. The number of carbonyl (C=O) groups is 1. The first-order valence-corrected chi connectivity index (χ1v) is 4.55. The zero-order chi connectivity index (χ0) is 9.68. The van der Waals surface area contributed by atoms with Crippen LogP contribution in [0.15, 0.2) is 0 Å². The van der Waals surface area contributed by atoms with Gasteiger partial charge in [0, 0.05) is 7.11 Å². The minimum atomic E-state index is -0.169.